The molecule has 1 heteroatoms. The van der Waals surface area contributed by atoms with Crippen molar-refractivity contribution < 1.29 is 0 Å². The summed E-state index contributed by atoms with van der Waals surface area (Å²) in [6, 6.07) is 0.262. The summed E-state index contributed by atoms with van der Waals surface area (Å²) in [7, 11) is 0. The van der Waals surface area contributed by atoms with E-state index < -0.39 is 0 Å². The summed E-state index contributed by atoms with van der Waals surface area (Å²) in [5.74, 6) is 1.79. The van der Waals surface area contributed by atoms with Crippen LogP contribution >= 0.6 is 0 Å². The summed E-state index contributed by atoms with van der Waals surface area (Å²) >= 11 is 0. The number of hydrogen-bond donors (Lipinski definition) is 0. The van der Waals surface area contributed by atoms with Crippen LogP contribution in [0.15, 0.2) is 0 Å². The fourth-order valence-corrected chi connectivity index (χ4v) is 2.06. The molecule has 0 spiro atoms. The predicted octanol–water partition coefficient (Wildman–Crippen LogP) is 2.87. The highest BCUT2D eigenvalue weighted by atomic mass is 14.6. The Morgan fingerprint density at radius 3 is 2.18 bits per heavy atom. The molecular formula is C10H20N. The molecule has 0 saturated heterocycles. The highest BCUT2D eigenvalue weighted by Crippen LogP contribution is 2.28. The van der Waals surface area contributed by atoms with Crippen molar-refractivity contribution in [3.63, 3.8) is 0 Å². The summed E-state index contributed by atoms with van der Waals surface area (Å²) in [5, 5.41) is 0. The molecule has 1 aliphatic rings. The van der Waals surface area contributed by atoms with Gasteiger partial charge in [0.15, 0.2) is 0 Å². The molecule has 11 heavy (non-hydrogen) atoms. The van der Waals surface area contributed by atoms with Crippen LogP contribution in [0.1, 0.15) is 46.0 Å². The van der Waals surface area contributed by atoms with Gasteiger partial charge in [0.2, 0.25) is 0 Å². The van der Waals surface area contributed by atoms with Crippen molar-refractivity contribution in [3.05, 3.63) is 0 Å². The summed E-state index contributed by atoms with van der Waals surface area (Å²) in [6.45, 7) is 4.60. The molecule has 0 aromatic rings. The monoisotopic (exact) mass is 154 g/mol. The van der Waals surface area contributed by atoms with Crippen molar-refractivity contribution in [1.29, 1.82) is 0 Å². The number of rotatable bonds is 2. The lowest BCUT2D eigenvalue weighted by atomic mass is 9.82. The number of nitrogens with one attached hydrogen (secondary N) is 1. The summed E-state index contributed by atoms with van der Waals surface area (Å²) < 4.78 is 0. The molecule has 0 bridgehead atoms. The average Bonchev–Trinajstić information content (AvgIpc) is 1.93. The van der Waals surface area contributed by atoms with Gasteiger partial charge in [-0.3, -0.25) is 5.73 Å². The van der Waals surface area contributed by atoms with E-state index in [2.05, 4.69) is 13.8 Å². The molecule has 0 unspecified atom stereocenters. The molecule has 0 atom stereocenters. The van der Waals surface area contributed by atoms with Crippen LogP contribution < -0.4 is 5.73 Å². The van der Waals surface area contributed by atoms with Crippen molar-refractivity contribution in [2.24, 2.45) is 11.8 Å². The van der Waals surface area contributed by atoms with Gasteiger partial charge in [-0.15, -0.1) is 0 Å². The average molecular weight is 154 g/mol. The lowest BCUT2D eigenvalue weighted by Gasteiger charge is -2.26. The first-order valence-corrected chi connectivity index (χ1v) is 4.89. The van der Waals surface area contributed by atoms with Gasteiger partial charge in [0, 0.05) is 6.04 Å². The second-order valence-electron chi connectivity index (χ2n) is 4.35. The SMILES string of the molecule is CC(C)C[C@H]1CC[C@@H]([NH])CC1. The lowest BCUT2D eigenvalue weighted by molar-refractivity contribution is 0.280. The molecule has 1 fully saturated rings. The summed E-state index contributed by atoms with van der Waals surface area (Å²) in [5.41, 5.74) is 7.54. The van der Waals surface area contributed by atoms with E-state index in [-0.39, 0.29) is 6.04 Å². The van der Waals surface area contributed by atoms with Gasteiger partial charge in [-0.1, -0.05) is 13.8 Å². The number of hydrogen-bond acceptors (Lipinski definition) is 0. The zero-order valence-corrected chi connectivity index (χ0v) is 7.77. The molecule has 1 radical (unpaired) electrons. The maximum Gasteiger partial charge on any atom is 0.0213 e. The lowest BCUT2D eigenvalue weighted by Crippen LogP contribution is -2.20. The molecule has 0 heterocycles. The normalized spacial score (nSPS) is 32.7. The van der Waals surface area contributed by atoms with Gasteiger partial charge in [-0.05, 0) is 43.9 Å². The Morgan fingerprint density at radius 1 is 1.18 bits per heavy atom. The Kier molecular flexibility index (Phi) is 3.38. The predicted molar refractivity (Wildman–Crippen MR) is 48.3 cm³/mol. The second-order valence-corrected chi connectivity index (χ2v) is 4.35. The molecule has 1 saturated carbocycles. The zero-order chi connectivity index (χ0) is 8.27. The third-order valence-electron chi connectivity index (χ3n) is 2.65. The topological polar surface area (TPSA) is 23.8 Å². The van der Waals surface area contributed by atoms with Crippen molar-refractivity contribution in [1.82, 2.24) is 5.73 Å². The molecule has 0 aromatic carbocycles. The van der Waals surface area contributed by atoms with Crippen LogP contribution in [0.3, 0.4) is 0 Å². The highest BCUT2D eigenvalue weighted by Gasteiger charge is 2.19. The third-order valence-corrected chi connectivity index (χ3v) is 2.65. The summed E-state index contributed by atoms with van der Waals surface area (Å²) in [4.78, 5) is 0. The van der Waals surface area contributed by atoms with Crippen LogP contribution in [0.2, 0.25) is 0 Å². The summed E-state index contributed by atoms with van der Waals surface area (Å²) in [6.07, 6.45) is 6.31. The van der Waals surface area contributed by atoms with Gasteiger partial charge in [0.25, 0.3) is 0 Å². The molecule has 0 amide bonds. The van der Waals surface area contributed by atoms with Crippen LogP contribution in [0.4, 0.5) is 0 Å². The first kappa shape index (κ1) is 9.05. The van der Waals surface area contributed by atoms with Gasteiger partial charge in [0.05, 0.1) is 0 Å². The van der Waals surface area contributed by atoms with Crippen molar-refractivity contribution in [3.8, 4) is 0 Å². The fourth-order valence-electron chi connectivity index (χ4n) is 2.06. The molecular weight excluding hydrogens is 134 g/mol. The maximum atomic E-state index is 7.54. The molecule has 0 aliphatic heterocycles. The first-order valence-electron chi connectivity index (χ1n) is 4.89. The van der Waals surface area contributed by atoms with Gasteiger partial charge < -0.3 is 0 Å². The minimum Gasteiger partial charge on any atom is -0.255 e. The standard InChI is InChI=1S/C10H20N/c1-8(2)7-9-3-5-10(11)6-4-9/h8-11H,3-7H2,1-2H3/t9-,10+. The van der Waals surface area contributed by atoms with Gasteiger partial charge in [-0.2, -0.15) is 0 Å². The Morgan fingerprint density at radius 2 is 1.73 bits per heavy atom. The minimum absolute atomic E-state index is 0.262. The molecule has 1 rings (SSSR count). The van der Waals surface area contributed by atoms with E-state index in [0.717, 1.165) is 24.7 Å². The van der Waals surface area contributed by atoms with Gasteiger partial charge in [-0.25, -0.2) is 0 Å². The van der Waals surface area contributed by atoms with Crippen molar-refractivity contribution in [2.45, 2.75) is 52.0 Å². The highest BCUT2D eigenvalue weighted by molar-refractivity contribution is 4.74. The van der Waals surface area contributed by atoms with Crippen LogP contribution in [0.25, 0.3) is 0 Å². The molecule has 1 N–H and O–H groups in total. The molecule has 1 nitrogen and oxygen atoms in total. The van der Waals surface area contributed by atoms with Crippen LogP contribution in [-0.2, 0) is 0 Å². The first-order chi connectivity index (χ1) is 5.18. The zero-order valence-electron chi connectivity index (χ0n) is 7.77. The van der Waals surface area contributed by atoms with E-state index in [1.54, 1.807) is 0 Å². The van der Waals surface area contributed by atoms with E-state index in [4.69, 9.17) is 5.73 Å². The Balaban J connectivity index is 2.17. The second kappa shape index (κ2) is 4.10. The van der Waals surface area contributed by atoms with Crippen LogP contribution in [0.5, 0.6) is 0 Å². The van der Waals surface area contributed by atoms with E-state index in [0.29, 0.717) is 0 Å². The third kappa shape index (κ3) is 3.24. The van der Waals surface area contributed by atoms with E-state index in [1.807, 2.05) is 0 Å². The Hall–Kier alpha value is -0.0400. The van der Waals surface area contributed by atoms with Crippen molar-refractivity contribution >= 4 is 0 Å². The maximum absolute atomic E-state index is 7.54. The quantitative estimate of drug-likeness (QED) is 0.584. The van der Waals surface area contributed by atoms with Crippen LogP contribution in [-0.4, -0.2) is 6.04 Å². The largest absolute Gasteiger partial charge is 0.255 e. The molecule has 65 valence electrons. The van der Waals surface area contributed by atoms with E-state index in [1.165, 1.54) is 19.3 Å². The smallest absolute Gasteiger partial charge is 0.0213 e. The molecule has 0 aromatic heterocycles. The van der Waals surface area contributed by atoms with Gasteiger partial charge >= 0.3 is 0 Å². The molecule has 1 aliphatic carbocycles. The Labute approximate surface area is 70.4 Å². The van der Waals surface area contributed by atoms with E-state index >= 15 is 0 Å². The van der Waals surface area contributed by atoms with Crippen molar-refractivity contribution in [2.75, 3.05) is 0 Å². The van der Waals surface area contributed by atoms with E-state index in [9.17, 15) is 0 Å². The fraction of sp³-hybridized carbons (Fsp3) is 1.00. The van der Waals surface area contributed by atoms with Crippen LogP contribution in [0, 0.1) is 11.8 Å². The van der Waals surface area contributed by atoms with Gasteiger partial charge in [0.1, 0.15) is 0 Å². The minimum atomic E-state index is 0.262. The Bertz CT molecular complexity index is 101.